The molecule has 1 saturated carbocycles. The topological polar surface area (TPSA) is 51.0 Å². The molecule has 1 saturated heterocycles. The van der Waals surface area contributed by atoms with Gasteiger partial charge in [-0.2, -0.15) is 5.10 Å². The Morgan fingerprint density at radius 3 is 2.69 bits per heavy atom. The van der Waals surface area contributed by atoms with Crippen LogP contribution in [0.15, 0.2) is 6.07 Å². The van der Waals surface area contributed by atoms with Crippen molar-refractivity contribution >= 4 is 16.9 Å². The molecule has 26 heavy (non-hydrogen) atoms. The predicted octanol–water partition coefficient (Wildman–Crippen LogP) is 4.16. The third kappa shape index (κ3) is 3.12. The smallest absolute Gasteiger partial charge is 0.254 e. The standard InChI is InChI=1S/C21H30N4O/c1-14-12-18(19-15(2)23-24(3)20(19)22-14)21(26)25-11-7-10-17(25)13-16-8-5-4-6-9-16/h12,16-17H,4-11,13H2,1-3H3. The third-order valence-electron chi connectivity index (χ3n) is 6.30. The highest BCUT2D eigenvalue weighted by atomic mass is 16.2. The molecule has 2 aliphatic rings. The van der Waals surface area contributed by atoms with E-state index < -0.39 is 0 Å². The van der Waals surface area contributed by atoms with Crippen molar-refractivity contribution < 1.29 is 4.79 Å². The maximum Gasteiger partial charge on any atom is 0.254 e. The van der Waals surface area contributed by atoms with Gasteiger partial charge in [-0.15, -0.1) is 0 Å². The van der Waals surface area contributed by atoms with E-state index in [-0.39, 0.29) is 5.91 Å². The lowest BCUT2D eigenvalue weighted by molar-refractivity contribution is 0.0713. The predicted molar refractivity (Wildman–Crippen MR) is 103 cm³/mol. The number of hydrogen-bond donors (Lipinski definition) is 0. The first-order chi connectivity index (χ1) is 12.5. The van der Waals surface area contributed by atoms with Crippen LogP contribution in [0.5, 0.6) is 0 Å². The Morgan fingerprint density at radius 1 is 1.15 bits per heavy atom. The van der Waals surface area contributed by atoms with Gasteiger partial charge in [-0.1, -0.05) is 32.1 Å². The number of rotatable bonds is 3. The first-order valence-corrected chi connectivity index (χ1v) is 10.2. The summed E-state index contributed by atoms with van der Waals surface area (Å²) in [5.74, 6) is 0.983. The lowest BCUT2D eigenvalue weighted by Crippen LogP contribution is -2.37. The molecule has 0 radical (unpaired) electrons. The van der Waals surface area contributed by atoms with Gasteiger partial charge in [0.1, 0.15) is 0 Å². The summed E-state index contributed by atoms with van der Waals surface area (Å²) in [7, 11) is 1.90. The number of amides is 1. The number of carbonyl (C=O) groups excluding carboxylic acids is 1. The van der Waals surface area contributed by atoms with E-state index in [1.54, 1.807) is 4.68 Å². The number of aryl methyl sites for hydroxylation is 3. The molecule has 0 N–H and O–H groups in total. The SMILES string of the molecule is Cc1cc(C(=O)N2CCCC2CC2CCCCC2)c2c(C)nn(C)c2n1. The molecule has 1 aliphatic heterocycles. The first kappa shape index (κ1) is 17.5. The second-order valence-corrected chi connectivity index (χ2v) is 8.25. The minimum absolute atomic E-state index is 0.176. The zero-order valence-corrected chi connectivity index (χ0v) is 16.3. The zero-order valence-electron chi connectivity index (χ0n) is 16.3. The molecule has 5 nitrogen and oxygen atoms in total. The van der Waals surface area contributed by atoms with Gasteiger partial charge < -0.3 is 4.90 Å². The molecule has 3 heterocycles. The van der Waals surface area contributed by atoms with Crippen molar-refractivity contribution in [3.8, 4) is 0 Å². The van der Waals surface area contributed by atoms with Gasteiger partial charge in [0.15, 0.2) is 5.65 Å². The molecule has 2 aromatic heterocycles. The quantitative estimate of drug-likeness (QED) is 0.831. The fourth-order valence-electron chi connectivity index (χ4n) is 5.05. The van der Waals surface area contributed by atoms with E-state index in [0.29, 0.717) is 6.04 Å². The van der Waals surface area contributed by atoms with Gasteiger partial charge in [0.25, 0.3) is 5.91 Å². The number of hydrogen-bond acceptors (Lipinski definition) is 3. The van der Waals surface area contributed by atoms with Gasteiger partial charge in [-0.05, 0) is 45.1 Å². The molecular formula is C21H30N4O. The summed E-state index contributed by atoms with van der Waals surface area (Å²) >= 11 is 0. The fraction of sp³-hybridized carbons (Fsp3) is 0.667. The highest BCUT2D eigenvalue weighted by molar-refractivity contribution is 6.06. The van der Waals surface area contributed by atoms with E-state index in [1.165, 1.54) is 38.5 Å². The van der Waals surface area contributed by atoms with Gasteiger partial charge in [-0.3, -0.25) is 9.48 Å². The van der Waals surface area contributed by atoms with Crippen molar-refractivity contribution in [2.45, 2.75) is 71.3 Å². The maximum atomic E-state index is 13.5. The minimum Gasteiger partial charge on any atom is -0.336 e. The van der Waals surface area contributed by atoms with Gasteiger partial charge in [0, 0.05) is 25.3 Å². The van der Waals surface area contributed by atoms with Crippen molar-refractivity contribution in [2.75, 3.05) is 6.54 Å². The third-order valence-corrected chi connectivity index (χ3v) is 6.30. The monoisotopic (exact) mass is 354 g/mol. The van der Waals surface area contributed by atoms with Crippen LogP contribution in [0.2, 0.25) is 0 Å². The van der Waals surface area contributed by atoms with E-state index in [1.807, 2.05) is 27.0 Å². The fourth-order valence-corrected chi connectivity index (χ4v) is 5.05. The molecule has 1 amide bonds. The maximum absolute atomic E-state index is 13.5. The summed E-state index contributed by atoms with van der Waals surface area (Å²) in [6.07, 6.45) is 10.3. The van der Waals surface area contributed by atoms with Crippen molar-refractivity contribution in [1.82, 2.24) is 19.7 Å². The average Bonchev–Trinajstić information content (AvgIpc) is 3.19. The lowest BCUT2D eigenvalue weighted by atomic mass is 9.84. The summed E-state index contributed by atoms with van der Waals surface area (Å²) in [6.45, 7) is 4.82. The van der Waals surface area contributed by atoms with Crippen molar-refractivity contribution in [2.24, 2.45) is 13.0 Å². The number of fused-ring (bicyclic) bond motifs is 1. The highest BCUT2D eigenvalue weighted by Crippen LogP contribution is 2.33. The highest BCUT2D eigenvalue weighted by Gasteiger charge is 2.33. The van der Waals surface area contributed by atoms with Crippen molar-refractivity contribution in [3.63, 3.8) is 0 Å². The van der Waals surface area contributed by atoms with Crippen LogP contribution in [0, 0.1) is 19.8 Å². The van der Waals surface area contributed by atoms with Gasteiger partial charge in [0.05, 0.1) is 16.6 Å². The van der Waals surface area contributed by atoms with Crippen LogP contribution < -0.4 is 0 Å². The molecule has 140 valence electrons. The van der Waals surface area contributed by atoms with E-state index in [0.717, 1.165) is 53.3 Å². The van der Waals surface area contributed by atoms with Crippen LogP contribution in [0.4, 0.5) is 0 Å². The largest absolute Gasteiger partial charge is 0.336 e. The average molecular weight is 354 g/mol. The summed E-state index contributed by atoms with van der Waals surface area (Å²) in [5.41, 5.74) is 3.37. The zero-order chi connectivity index (χ0) is 18.3. The van der Waals surface area contributed by atoms with E-state index >= 15 is 0 Å². The number of likely N-dealkylation sites (tertiary alicyclic amines) is 1. The molecule has 1 unspecified atom stereocenters. The van der Waals surface area contributed by atoms with Gasteiger partial charge in [-0.25, -0.2) is 4.98 Å². The van der Waals surface area contributed by atoms with Crippen LogP contribution in [0.25, 0.3) is 11.0 Å². The molecule has 0 bridgehead atoms. The number of carbonyl (C=O) groups is 1. The van der Waals surface area contributed by atoms with Crippen LogP contribution in [0.3, 0.4) is 0 Å². The Balaban J connectivity index is 1.63. The van der Waals surface area contributed by atoms with Crippen molar-refractivity contribution in [3.05, 3.63) is 23.0 Å². The molecular weight excluding hydrogens is 324 g/mol. The summed E-state index contributed by atoms with van der Waals surface area (Å²) in [5, 5.41) is 5.42. The molecule has 5 heteroatoms. The molecule has 1 atom stereocenters. The van der Waals surface area contributed by atoms with Crippen LogP contribution in [-0.2, 0) is 7.05 Å². The van der Waals surface area contributed by atoms with Crippen molar-refractivity contribution in [1.29, 1.82) is 0 Å². The Bertz CT molecular complexity index is 819. The molecule has 0 aromatic carbocycles. The molecule has 0 spiro atoms. The molecule has 2 fully saturated rings. The Labute approximate surface area is 155 Å². The Hall–Kier alpha value is -1.91. The van der Waals surface area contributed by atoms with E-state index in [2.05, 4.69) is 15.0 Å². The first-order valence-electron chi connectivity index (χ1n) is 10.2. The second kappa shape index (κ2) is 7.01. The second-order valence-electron chi connectivity index (χ2n) is 8.25. The van der Waals surface area contributed by atoms with Crippen LogP contribution in [-0.4, -0.2) is 38.2 Å². The molecule has 4 rings (SSSR count). The minimum atomic E-state index is 0.176. The Morgan fingerprint density at radius 2 is 1.92 bits per heavy atom. The normalized spacial score (nSPS) is 21.7. The number of nitrogens with zero attached hydrogens (tertiary/aromatic N) is 4. The van der Waals surface area contributed by atoms with E-state index in [4.69, 9.17) is 0 Å². The van der Waals surface area contributed by atoms with Crippen LogP contribution >= 0.6 is 0 Å². The molecule has 2 aromatic rings. The Kier molecular flexibility index (Phi) is 4.72. The van der Waals surface area contributed by atoms with E-state index in [9.17, 15) is 4.79 Å². The summed E-state index contributed by atoms with van der Waals surface area (Å²) < 4.78 is 1.79. The number of pyridine rings is 1. The summed E-state index contributed by atoms with van der Waals surface area (Å²) in [6, 6.07) is 2.36. The summed E-state index contributed by atoms with van der Waals surface area (Å²) in [4.78, 5) is 20.2. The van der Waals surface area contributed by atoms with Gasteiger partial charge in [0.2, 0.25) is 0 Å². The molecule has 1 aliphatic carbocycles. The van der Waals surface area contributed by atoms with Crippen LogP contribution in [0.1, 0.15) is 73.1 Å². The lowest BCUT2D eigenvalue weighted by Gasteiger charge is -2.30. The van der Waals surface area contributed by atoms with Gasteiger partial charge >= 0.3 is 0 Å². The number of aromatic nitrogens is 3.